The van der Waals surface area contributed by atoms with Gasteiger partial charge in [0, 0.05) is 26.0 Å². The standard InChI is InChI=1S/C13H20N2O4S/c16-9-12-4-5-13(14-8-12)20(17,18)15-6-1-7-19-10-11-2-3-11/h4-5,8,11,15-16H,1-3,6-7,9-10H2. The third kappa shape index (κ3) is 4.82. The molecule has 1 aromatic heterocycles. The molecule has 7 heteroatoms. The Balaban J connectivity index is 1.71. The molecule has 1 heterocycles. The number of aliphatic hydroxyl groups is 1. The Morgan fingerprint density at radius 2 is 2.20 bits per heavy atom. The van der Waals surface area contributed by atoms with Crippen LogP contribution in [0.25, 0.3) is 0 Å². The van der Waals surface area contributed by atoms with E-state index in [1.54, 1.807) is 6.07 Å². The van der Waals surface area contributed by atoms with E-state index < -0.39 is 10.0 Å². The van der Waals surface area contributed by atoms with Gasteiger partial charge in [0.05, 0.1) is 6.61 Å². The van der Waals surface area contributed by atoms with E-state index >= 15 is 0 Å². The summed E-state index contributed by atoms with van der Waals surface area (Å²) in [6, 6.07) is 2.93. The smallest absolute Gasteiger partial charge is 0.258 e. The van der Waals surface area contributed by atoms with Crippen LogP contribution in [0.2, 0.25) is 0 Å². The van der Waals surface area contributed by atoms with E-state index in [1.807, 2.05) is 0 Å². The zero-order valence-corrected chi connectivity index (χ0v) is 12.1. The molecule has 0 bridgehead atoms. The summed E-state index contributed by atoms with van der Waals surface area (Å²) in [5.74, 6) is 0.723. The number of nitrogens with zero attached hydrogens (tertiary/aromatic N) is 1. The monoisotopic (exact) mass is 300 g/mol. The Morgan fingerprint density at radius 3 is 2.80 bits per heavy atom. The first-order valence-corrected chi connectivity index (χ1v) is 8.23. The number of rotatable bonds is 9. The van der Waals surface area contributed by atoms with Gasteiger partial charge in [-0.05, 0) is 36.8 Å². The maximum Gasteiger partial charge on any atom is 0.258 e. The highest BCUT2D eigenvalue weighted by molar-refractivity contribution is 7.89. The molecule has 0 aliphatic heterocycles. The van der Waals surface area contributed by atoms with E-state index in [-0.39, 0.29) is 11.6 Å². The largest absolute Gasteiger partial charge is 0.392 e. The van der Waals surface area contributed by atoms with E-state index in [0.717, 1.165) is 12.5 Å². The molecule has 0 radical (unpaired) electrons. The summed E-state index contributed by atoms with van der Waals surface area (Å²) in [6.07, 6.45) is 4.50. The zero-order valence-electron chi connectivity index (χ0n) is 11.3. The third-order valence-electron chi connectivity index (χ3n) is 3.06. The molecule has 0 atom stereocenters. The van der Waals surface area contributed by atoms with Crippen molar-refractivity contribution in [2.45, 2.75) is 30.9 Å². The lowest BCUT2D eigenvalue weighted by atomic mass is 10.3. The number of pyridine rings is 1. The third-order valence-corrected chi connectivity index (χ3v) is 4.44. The second kappa shape index (κ2) is 7.12. The number of nitrogens with one attached hydrogen (secondary N) is 1. The molecule has 0 spiro atoms. The second-order valence-corrected chi connectivity index (χ2v) is 6.65. The van der Waals surface area contributed by atoms with Crippen molar-refractivity contribution in [3.63, 3.8) is 0 Å². The first-order valence-electron chi connectivity index (χ1n) is 6.75. The molecule has 1 aromatic rings. The van der Waals surface area contributed by atoms with Crippen LogP contribution in [0.5, 0.6) is 0 Å². The quantitative estimate of drug-likeness (QED) is 0.654. The molecular weight excluding hydrogens is 280 g/mol. The number of aromatic nitrogens is 1. The predicted molar refractivity (Wildman–Crippen MR) is 73.5 cm³/mol. The summed E-state index contributed by atoms with van der Waals surface area (Å²) in [5, 5.41) is 8.85. The molecule has 2 rings (SSSR count). The van der Waals surface area contributed by atoms with Crippen molar-refractivity contribution in [2.75, 3.05) is 19.8 Å². The maximum absolute atomic E-state index is 11.9. The number of ether oxygens (including phenoxy) is 1. The predicted octanol–water partition coefficient (Wildman–Crippen LogP) is 0.669. The number of sulfonamides is 1. The Morgan fingerprint density at radius 1 is 1.40 bits per heavy atom. The summed E-state index contributed by atoms with van der Waals surface area (Å²) in [4.78, 5) is 3.83. The summed E-state index contributed by atoms with van der Waals surface area (Å²) >= 11 is 0. The minimum Gasteiger partial charge on any atom is -0.392 e. The molecule has 0 unspecified atom stereocenters. The van der Waals surface area contributed by atoms with Crippen molar-refractivity contribution >= 4 is 10.0 Å². The van der Waals surface area contributed by atoms with Crippen molar-refractivity contribution in [3.8, 4) is 0 Å². The van der Waals surface area contributed by atoms with Gasteiger partial charge in [-0.15, -0.1) is 0 Å². The molecule has 6 nitrogen and oxygen atoms in total. The van der Waals surface area contributed by atoms with Gasteiger partial charge >= 0.3 is 0 Å². The highest BCUT2D eigenvalue weighted by Gasteiger charge is 2.21. The Kier molecular flexibility index (Phi) is 5.47. The van der Waals surface area contributed by atoms with Crippen LogP contribution in [0, 0.1) is 5.92 Å². The van der Waals surface area contributed by atoms with Crippen molar-refractivity contribution in [1.29, 1.82) is 0 Å². The lowest BCUT2D eigenvalue weighted by Gasteiger charge is -2.07. The maximum atomic E-state index is 11.9. The van der Waals surface area contributed by atoms with Crippen LogP contribution in [-0.2, 0) is 21.4 Å². The minimum absolute atomic E-state index is 0.0337. The molecule has 1 aliphatic rings. The average molecular weight is 300 g/mol. The van der Waals surface area contributed by atoms with E-state index in [9.17, 15) is 8.42 Å². The van der Waals surface area contributed by atoms with Crippen LogP contribution >= 0.6 is 0 Å². The van der Waals surface area contributed by atoms with Gasteiger partial charge in [-0.3, -0.25) is 0 Å². The van der Waals surface area contributed by atoms with E-state index in [2.05, 4.69) is 9.71 Å². The van der Waals surface area contributed by atoms with Crippen LogP contribution in [0.15, 0.2) is 23.4 Å². The molecular formula is C13H20N2O4S. The fraction of sp³-hybridized carbons (Fsp3) is 0.615. The van der Waals surface area contributed by atoms with Crippen molar-refractivity contribution < 1.29 is 18.3 Å². The molecule has 112 valence electrons. The Bertz CT molecular complexity index is 512. The first kappa shape index (κ1) is 15.4. The summed E-state index contributed by atoms with van der Waals surface area (Å²) in [6.45, 7) is 1.53. The summed E-state index contributed by atoms with van der Waals surface area (Å²) < 4.78 is 31.7. The van der Waals surface area contributed by atoms with Gasteiger partial charge in [-0.1, -0.05) is 6.07 Å². The van der Waals surface area contributed by atoms with Gasteiger partial charge in [0.15, 0.2) is 5.03 Å². The lowest BCUT2D eigenvalue weighted by Crippen LogP contribution is -2.26. The van der Waals surface area contributed by atoms with Crippen LogP contribution in [0.3, 0.4) is 0 Å². The SMILES string of the molecule is O=S(=O)(NCCCOCC1CC1)c1ccc(CO)cn1. The van der Waals surface area contributed by atoms with Gasteiger partial charge in [0.25, 0.3) is 10.0 Å². The van der Waals surface area contributed by atoms with E-state index in [4.69, 9.17) is 9.84 Å². The molecule has 0 amide bonds. The lowest BCUT2D eigenvalue weighted by molar-refractivity contribution is 0.123. The number of aliphatic hydroxyl groups excluding tert-OH is 1. The second-order valence-electron chi connectivity index (χ2n) is 4.93. The molecule has 2 N–H and O–H groups in total. The highest BCUT2D eigenvalue weighted by Crippen LogP contribution is 2.28. The van der Waals surface area contributed by atoms with Crippen LogP contribution in [0.4, 0.5) is 0 Å². The molecule has 0 saturated heterocycles. The van der Waals surface area contributed by atoms with Gasteiger partial charge in [-0.25, -0.2) is 18.1 Å². The Labute approximate surface area is 119 Å². The van der Waals surface area contributed by atoms with E-state index in [0.29, 0.717) is 25.1 Å². The van der Waals surface area contributed by atoms with E-state index in [1.165, 1.54) is 25.1 Å². The topological polar surface area (TPSA) is 88.5 Å². The van der Waals surface area contributed by atoms with Crippen molar-refractivity contribution in [1.82, 2.24) is 9.71 Å². The molecule has 20 heavy (non-hydrogen) atoms. The first-order chi connectivity index (χ1) is 9.62. The summed E-state index contributed by atoms with van der Waals surface area (Å²) in [7, 11) is -3.57. The van der Waals surface area contributed by atoms with Gasteiger partial charge in [0.2, 0.25) is 0 Å². The van der Waals surface area contributed by atoms with Crippen LogP contribution in [-0.4, -0.2) is 38.3 Å². The zero-order chi connectivity index (χ0) is 14.4. The van der Waals surface area contributed by atoms with Crippen LogP contribution < -0.4 is 4.72 Å². The molecule has 1 fully saturated rings. The molecule has 1 saturated carbocycles. The highest BCUT2D eigenvalue weighted by atomic mass is 32.2. The van der Waals surface area contributed by atoms with Crippen molar-refractivity contribution in [3.05, 3.63) is 23.9 Å². The summed E-state index contributed by atoms with van der Waals surface area (Å²) in [5.41, 5.74) is 0.581. The van der Waals surface area contributed by atoms with Crippen molar-refractivity contribution in [2.24, 2.45) is 5.92 Å². The fourth-order valence-corrected chi connectivity index (χ4v) is 2.65. The van der Waals surface area contributed by atoms with Gasteiger partial charge < -0.3 is 9.84 Å². The van der Waals surface area contributed by atoms with Crippen LogP contribution in [0.1, 0.15) is 24.8 Å². The molecule has 0 aromatic carbocycles. The van der Waals surface area contributed by atoms with Gasteiger partial charge in [0.1, 0.15) is 0 Å². The minimum atomic E-state index is -3.57. The fourth-order valence-electron chi connectivity index (χ4n) is 1.65. The van der Waals surface area contributed by atoms with Gasteiger partial charge in [-0.2, -0.15) is 0 Å². The molecule has 1 aliphatic carbocycles. The Hall–Kier alpha value is -1.02. The number of hydrogen-bond acceptors (Lipinski definition) is 5. The normalized spacial score (nSPS) is 15.4. The number of hydrogen-bond donors (Lipinski definition) is 2. The average Bonchev–Trinajstić information content (AvgIpc) is 3.27.